The summed E-state index contributed by atoms with van der Waals surface area (Å²) in [4.78, 5) is 4.41. The van der Waals surface area contributed by atoms with Gasteiger partial charge in [-0.3, -0.25) is 4.98 Å². The van der Waals surface area contributed by atoms with Gasteiger partial charge >= 0.3 is 0 Å². The summed E-state index contributed by atoms with van der Waals surface area (Å²) in [5.74, 6) is 0.411. The van der Waals surface area contributed by atoms with Gasteiger partial charge in [0.25, 0.3) is 0 Å². The van der Waals surface area contributed by atoms with Crippen LogP contribution in [-0.2, 0) is 0 Å². The maximum atomic E-state index is 4.41. The molecule has 0 saturated heterocycles. The Morgan fingerprint density at radius 2 is 1.88 bits per heavy atom. The fourth-order valence-corrected chi connectivity index (χ4v) is 1.49. The number of hydrogen-bond acceptors (Lipinski definition) is 1. The van der Waals surface area contributed by atoms with Crippen molar-refractivity contribution >= 4 is 12.2 Å². The Morgan fingerprint density at radius 3 is 2.35 bits per heavy atom. The van der Waals surface area contributed by atoms with E-state index in [4.69, 9.17) is 0 Å². The SMILES string of the molecule is C=C/C=C\c1c(C=C)ccnc1C(C)C.CC. The Labute approximate surface area is 106 Å². The second-order valence-electron chi connectivity index (χ2n) is 3.65. The number of aromatic nitrogens is 1. The summed E-state index contributed by atoms with van der Waals surface area (Å²) in [5.41, 5.74) is 3.36. The van der Waals surface area contributed by atoms with Crippen LogP contribution in [0.4, 0.5) is 0 Å². The summed E-state index contributed by atoms with van der Waals surface area (Å²) in [6.07, 6.45) is 9.42. The highest BCUT2D eigenvalue weighted by Crippen LogP contribution is 2.22. The molecule has 0 unspecified atom stereocenters. The standard InChI is InChI=1S/C14H17N.C2H6/c1-5-7-8-13-12(6-2)9-10-15-14(13)11(3)4;1-2/h5-11H,1-2H2,3-4H3;1-2H3/b8-7-;. The molecule has 0 atom stereocenters. The van der Waals surface area contributed by atoms with Gasteiger partial charge in [0, 0.05) is 11.8 Å². The minimum absolute atomic E-state index is 0.411. The lowest BCUT2D eigenvalue weighted by atomic mass is 9.99. The Morgan fingerprint density at radius 1 is 1.24 bits per heavy atom. The minimum Gasteiger partial charge on any atom is -0.260 e. The topological polar surface area (TPSA) is 12.9 Å². The molecule has 1 aromatic rings. The second-order valence-corrected chi connectivity index (χ2v) is 3.65. The summed E-state index contributed by atoms with van der Waals surface area (Å²) in [7, 11) is 0. The largest absolute Gasteiger partial charge is 0.260 e. The highest BCUT2D eigenvalue weighted by atomic mass is 14.7. The Kier molecular flexibility index (Phi) is 7.70. The van der Waals surface area contributed by atoms with Crippen molar-refractivity contribution in [2.24, 2.45) is 0 Å². The molecule has 0 amide bonds. The molecule has 1 aromatic heterocycles. The maximum Gasteiger partial charge on any atom is 0.0507 e. The van der Waals surface area contributed by atoms with Crippen molar-refractivity contribution in [2.45, 2.75) is 33.6 Å². The monoisotopic (exact) mass is 229 g/mol. The van der Waals surface area contributed by atoms with Gasteiger partial charge in [0.05, 0.1) is 5.69 Å². The molecule has 1 heteroatoms. The number of allylic oxidation sites excluding steroid dienone is 2. The average molecular weight is 229 g/mol. The third kappa shape index (κ3) is 4.39. The number of nitrogens with zero attached hydrogens (tertiary/aromatic N) is 1. The first-order chi connectivity index (χ1) is 8.20. The molecule has 92 valence electrons. The van der Waals surface area contributed by atoms with E-state index in [9.17, 15) is 0 Å². The highest BCUT2D eigenvalue weighted by molar-refractivity contribution is 5.66. The molecule has 0 aliphatic rings. The van der Waals surface area contributed by atoms with E-state index in [1.807, 2.05) is 44.3 Å². The molecule has 0 aromatic carbocycles. The Hall–Kier alpha value is -1.63. The van der Waals surface area contributed by atoms with Gasteiger partial charge in [0.2, 0.25) is 0 Å². The van der Waals surface area contributed by atoms with E-state index in [0.717, 1.165) is 16.8 Å². The van der Waals surface area contributed by atoms with Crippen LogP contribution in [0.15, 0.2) is 37.6 Å². The van der Waals surface area contributed by atoms with Crippen LogP contribution in [0.3, 0.4) is 0 Å². The van der Waals surface area contributed by atoms with E-state index in [1.165, 1.54) is 0 Å². The molecule has 0 saturated carbocycles. The molecule has 0 N–H and O–H groups in total. The summed E-state index contributed by atoms with van der Waals surface area (Å²) in [6, 6.07) is 1.97. The summed E-state index contributed by atoms with van der Waals surface area (Å²) in [6.45, 7) is 15.8. The summed E-state index contributed by atoms with van der Waals surface area (Å²) >= 11 is 0. The van der Waals surface area contributed by atoms with E-state index < -0.39 is 0 Å². The van der Waals surface area contributed by atoms with Crippen molar-refractivity contribution in [1.82, 2.24) is 4.98 Å². The smallest absolute Gasteiger partial charge is 0.0507 e. The van der Waals surface area contributed by atoms with Gasteiger partial charge in [-0.15, -0.1) is 0 Å². The van der Waals surface area contributed by atoms with Gasteiger partial charge in [-0.05, 0) is 17.5 Å². The van der Waals surface area contributed by atoms with E-state index in [2.05, 4.69) is 32.0 Å². The average Bonchev–Trinajstić information content (AvgIpc) is 2.38. The van der Waals surface area contributed by atoms with Crippen LogP contribution in [0.2, 0.25) is 0 Å². The lowest BCUT2D eigenvalue weighted by molar-refractivity contribution is 0.819. The van der Waals surface area contributed by atoms with E-state index in [0.29, 0.717) is 5.92 Å². The van der Waals surface area contributed by atoms with Crippen LogP contribution < -0.4 is 0 Å². The zero-order valence-corrected chi connectivity index (χ0v) is 11.4. The number of hydrogen-bond donors (Lipinski definition) is 0. The van der Waals surface area contributed by atoms with E-state index in [1.54, 1.807) is 6.08 Å². The lowest BCUT2D eigenvalue weighted by Crippen LogP contribution is -1.98. The molecule has 0 bridgehead atoms. The molecular formula is C16H23N. The first-order valence-electron chi connectivity index (χ1n) is 6.11. The molecule has 1 nitrogen and oxygen atoms in total. The molecule has 0 spiro atoms. The molecule has 0 radical (unpaired) electrons. The Bertz CT molecular complexity index is 387. The quantitative estimate of drug-likeness (QED) is 0.656. The van der Waals surface area contributed by atoms with Crippen molar-refractivity contribution in [1.29, 1.82) is 0 Å². The molecule has 1 heterocycles. The molecule has 0 fully saturated rings. The molecule has 1 rings (SSSR count). The van der Waals surface area contributed by atoms with Gasteiger partial charge in [0.1, 0.15) is 0 Å². The number of rotatable bonds is 4. The van der Waals surface area contributed by atoms with E-state index in [-0.39, 0.29) is 0 Å². The van der Waals surface area contributed by atoms with Gasteiger partial charge in [0.15, 0.2) is 0 Å². The highest BCUT2D eigenvalue weighted by Gasteiger charge is 2.08. The molecule has 0 aliphatic carbocycles. The van der Waals surface area contributed by atoms with Crippen LogP contribution in [-0.4, -0.2) is 4.98 Å². The van der Waals surface area contributed by atoms with Crippen molar-refractivity contribution in [3.63, 3.8) is 0 Å². The van der Waals surface area contributed by atoms with Crippen LogP contribution in [0.1, 0.15) is 50.4 Å². The van der Waals surface area contributed by atoms with Crippen LogP contribution >= 0.6 is 0 Å². The number of pyridine rings is 1. The fourth-order valence-electron chi connectivity index (χ4n) is 1.49. The molecule has 0 aliphatic heterocycles. The van der Waals surface area contributed by atoms with Crippen molar-refractivity contribution in [3.8, 4) is 0 Å². The zero-order chi connectivity index (χ0) is 13.3. The van der Waals surface area contributed by atoms with Crippen LogP contribution in [0, 0.1) is 0 Å². The summed E-state index contributed by atoms with van der Waals surface area (Å²) in [5, 5.41) is 0. The molecular weight excluding hydrogens is 206 g/mol. The second kappa shape index (κ2) is 8.51. The fraction of sp³-hybridized carbons (Fsp3) is 0.312. The van der Waals surface area contributed by atoms with Crippen LogP contribution in [0.5, 0.6) is 0 Å². The predicted octanol–water partition coefficient (Wildman–Crippen LogP) is 5.07. The third-order valence-electron chi connectivity index (χ3n) is 2.22. The van der Waals surface area contributed by atoms with Gasteiger partial charge in [-0.25, -0.2) is 0 Å². The Balaban J connectivity index is 0.00000121. The van der Waals surface area contributed by atoms with Crippen molar-refractivity contribution in [2.75, 3.05) is 0 Å². The van der Waals surface area contributed by atoms with Crippen molar-refractivity contribution < 1.29 is 0 Å². The van der Waals surface area contributed by atoms with Gasteiger partial charge in [-0.1, -0.05) is 65.2 Å². The van der Waals surface area contributed by atoms with Crippen molar-refractivity contribution in [3.05, 3.63) is 54.4 Å². The summed E-state index contributed by atoms with van der Waals surface area (Å²) < 4.78 is 0. The van der Waals surface area contributed by atoms with E-state index >= 15 is 0 Å². The maximum absolute atomic E-state index is 4.41. The molecule has 17 heavy (non-hydrogen) atoms. The lowest BCUT2D eigenvalue weighted by Gasteiger charge is -2.10. The predicted molar refractivity (Wildman–Crippen MR) is 79.0 cm³/mol. The van der Waals surface area contributed by atoms with Gasteiger partial charge in [-0.2, -0.15) is 0 Å². The van der Waals surface area contributed by atoms with Crippen LogP contribution in [0.25, 0.3) is 12.2 Å². The zero-order valence-electron chi connectivity index (χ0n) is 11.4. The van der Waals surface area contributed by atoms with Gasteiger partial charge < -0.3 is 0 Å². The first kappa shape index (κ1) is 15.4. The normalized spacial score (nSPS) is 9.94. The first-order valence-corrected chi connectivity index (χ1v) is 6.11. The third-order valence-corrected chi connectivity index (χ3v) is 2.22. The minimum atomic E-state index is 0.411.